The zero-order chi connectivity index (χ0) is 15.8. The van der Waals surface area contributed by atoms with E-state index in [0.29, 0.717) is 17.3 Å². The van der Waals surface area contributed by atoms with Crippen molar-refractivity contribution in [3.05, 3.63) is 34.9 Å². The number of rotatable bonds is 2. The summed E-state index contributed by atoms with van der Waals surface area (Å²) in [6.07, 6.45) is 5.39. The Morgan fingerprint density at radius 3 is 2.67 bits per heavy atom. The molecule has 2 aromatic rings. The van der Waals surface area contributed by atoms with Crippen LogP contribution in [-0.4, -0.2) is 9.55 Å². The molecule has 1 heterocycles. The minimum absolute atomic E-state index is 0.0377. The summed E-state index contributed by atoms with van der Waals surface area (Å²) in [5, 5.41) is 0.0377. The molecule has 110 valence electrons. The van der Waals surface area contributed by atoms with Crippen LogP contribution in [0.2, 0.25) is 5.02 Å². The molecule has 0 aliphatic heterocycles. The number of aromatic nitrogens is 2. The lowest BCUT2D eigenvalue weighted by Crippen LogP contribution is -2.19. The third-order valence-corrected chi connectivity index (χ3v) is 3.43. The molecular formula is C16H17ClFN3. The van der Waals surface area contributed by atoms with Crippen molar-refractivity contribution >= 4 is 17.4 Å². The quantitative estimate of drug-likeness (QED) is 0.856. The Hall–Kier alpha value is -1.99. The standard InChI is InChI=1S/C16H17ClFN3/c1-5-9-21-14(19)13(20-15(21)16(2,3)4)10-7-6-8-11(17)12(10)18/h1,6-8H,9,19H2,2-4H3. The lowest BCUT2D eigenvalue weighted by Gasteiger charge is -2.18. The molecule has 21 heavy (non-hydrogen) atoms. The van der Waals surface area contributed by atoms with Gasteiger partial charge in [-0.25, -0.2) is 9.37 Å². The highest BCUT2D eigenvalue weighted by molar-refractivity contribution is 6.31. The van der Waals surface area contributed by atoms with Gasteiger partial charge in [0, 0.05) is 11.0 Å². The normalized spacial score (nSPS) is 11.4. The molecule has 0 radical (unpaired) electrons. The number of nitrogens with two attached hydrogens (primary N) is 1. The van der Waals surface area contributed by atoms with Crippen LogP contribution in [0.4, 0.5) is 10.2 Å². The number of nitrogen functional groups attached to an aromatic ring is 1. The number of hydrogen-bond acceptors (Lipinski definition) is 2. The van der Waals surface area contributed by atoms with E-state index in [2.05, 4.69) is 10.9 Å². The molecular weight excluding hydrogens is 289 g/mol. The van der Waals surface area contributed by atoms with Gasteiger partial charge in [-0.2, -0.15) is 0 Å². The summed E-state index contributed by atoms with van der Waals surface area (Å²) in [6, 6.07) is 4.75. The van der Waals surface area contributed by atoms with Crippen LogP contribution in [0.5, 0.6) is 0 Å². The number of benzene rings is 1. The highest BCUT2D eigenvalue weighted by Crippen LogP contribution is 2.34. The molecule has 0 aliphatic carbocycles. The van der Waals surface area contributed by atoms with Gasteiger partial charge in [0.2, 0.25) is 0 Å². The van der Waals surface area contributed by atoms with E-state index in [9.17, 15) is 4.39 Å². The first-order valence-electron chi connectivity index (χ1n) is 6.51. The van der Waals surface area contributed by atoms with Gasteiger partial charge in [-0.3, -0.25) is 0 Å². The highest BCUT2D eigenvalue weighted by atomic mass is 35.5. The minimum Gasteiger partial charge on any atom is -0.383 e. The van der Waals surface area contributed by atoms with Crippen molar-refractivity contribution in [3.63, 3.8) is 0 Å². The van der Waals surface area contributed by atoms with Gasteiger partial charge in [0.25, 0.3) is 0 Å². The topological polar surface area (TPSA) is 43.8 Å². The zero-order valence-corrected chi connectivity index (χ0v) is 13.0. The second kappa shape index (κ2) is 5.42. The van der Waals surface area contributed by atoms with E-state index in [1.165, 1.54) is 6.07 Å². The largest absolute Gasteiger partial charge is 0.383 e. The molecule has 0 fully saturated rings. The molecule has 3 nitrogen and oxygen atoms in total. The number of halogens is 2. The Bertz CT molecular complexity index is 720. The first-order chi connectivity index (χ1) is 9.77. The fourth-order valence-corrected chi connectivity index (χ4v) is 2.35. The predicted molar refractivity (Wildman–Crippen MR) is 84.6 cm³/mol. The summed E-state index contributed by atoms with van der Waals surface area (Å²) in [5.41, 5.74) is 6.52. The smallest absolute Gasteiger partial charge is 0.151 e. The lowest BCUT2D eigenvalue weighted by atomic mass is 9.95. The molecule has 0 saturated carbocycles. The van der Waals surface area contributed by atoms with E-state index in [-0.39, 0.29) is 22.5 Å². The maximum atomic E-state index is 14.2. The maximum Gasteiger partial charge on any atom is 0.151 e. The molecule has 2 rings (SSSR count). The van der Waals surface area contributed by atoms with E-state index in [4.69, 9.17) is 23.8 Å². The number of anilines is 1. The molecule has 0 unspecified atom stereocenters. The molecule has 2 N–H and O–H groups in total. The lowest BCUT2D eigenvalue weighted by molar-refractivity contribution is 0.517. The third kappa shape index (κ3) is 2.74. The van der Waals surface area contributed by atoms with Crippen LogP contribution >= 0.6 is 11.6 Å². The first-order valence-corrected chi connectivity index (χ1v) is 6.89. The number of terminal acetylenes is 1. The van der Waals surface area contributed by atoms with Crippen molar-refractivity contribution in [2.24, 2.45) is 0 Å². The van der Waals surface area contributed by atoms with E-state index in [0.717, 1.165) is 0 Å². The fourth-order valence-electron chi connectivity index (χ4n) is 2.17. The van der Waals surface area contributed by atoms with Crippen molar-refractivity contribution in [3.8, 4) is 23.6 Å². The van der Waals surface area contributed by atoms with Gasteiger partial charge in [0.15, 0.2) is 5.82 Å². The Morgan fingerprint density at radius 1 is 1.43 bits per heavy atom. The average molecular weight is 306 g/mol. The van der Waals surface area contributed by atoms with Crippen molar-refractivity contribution in [1.29, 1.82) is 0 Å². The van der Waals surface area contributed by atoms with E-state index in [1.807, 2.05) is 20.8 Å². The van der Waals surface area contributed by atoms with Gasteiger partial charge in [0.1, 0.15) is 17.3 Å². The van der Waals surface area contributed by atoms with Crippen molar-refractivity contribution in [2.45, 2.75) is 32.7 Å². The number of nitrogens with zero attached hydrogens (tertiary/aromatic N) is 2. The molecule has 0 spiro atoms. The average Bonchev–Trinajstić information content (AvgIpc) is 2.71. The molecule has 0 amide bonds. The summed E-state index contributed by atoms with van der Waals surface area (Å²) >= 11 is 5.83. The summed E-state index contributed by atoms with van der Waals surface area (Å²) < 4.78 is 15.9. The van der Waals surface area contributed by atoms with Crippen molar-refractivity contribution in [2.75, 3.05) is 5.73 Å². The van der Waals surface area contributed by atoms with Crippen LogP contribution in [0.3, 0.4) is 0 Å². The molecule has 1 aromatic carbocycles. The van der Waals surface area contributed by atoms with Gasteiger partial charge in [-0.1, -0.05) is 44.4 Å². The first kappa shape index (κ1) is 15.4. The van der Waals surface area contributed by atoms with Crippen LogP contribution in [0.25, 0.3) is 11.3 Å². The third-order valence-electron chi connectivity index (χ3n) is 3.13. The monoisotopic (exact) mass is 305 g/mol. The molecule has 5 heteroatoms. The Labute approximate surface area is 128 Å². The molecule has 0 atom stereocenters. The summed E-state index contributed by atoms with van der Waals surface area (Å²) in [7, 11) is 0. The van der Waals surface area contributed by atoms with E-state index >= 15 is 0 Å². The van der Waals surface area contributed by atoms with Gasteiger partial charge >= 0.3 is 0 Å². The second-order valence-electron chi connectivity index (χ2n) is 5.81. The van der Waals surface area contributed by atoms with E-state index < -0.39 is 5.82 Å². The molecule has 1 aromatic heterocycles. The molecule has 0 aliphatic rings. The second-order valence-corrected chi connectivity index (χ2v) is 6.22. The SMILES string of the molecule is C#CCn1c(C(C)(C)C)nc(-c2cccc(Cl)c2F)c1N. The fraction of sp³-hybridized carbons (Fsp3) is 0.312. The number of hydrogen-bond donors (Lipinski definition) is 1. The Morgan fingerprint density at radius 2 is 2.10 bits per heavy atom. The summed E-state index contributed by atoms with van der Waals surface area (Å²) in [4.78, 5) is 4.52. The Balaban J connectivity index is 2.72. The van der Waals surface area contributed by atoms with Gasteiger partial charge in [-0.15, -0.1) is 6.42 Å². The van der Waals surface area contributed by atoms with Crippen LogP contribution in [0.1, 0.15) is 26.6 Å². The summed E-state index contributed by atoms with van der Waals surface area (Å²) in [6.45, 7) is 6.29. The molecule has 0 bridgehead atoms. The van der Waals surface area contributed by atoms with Crippen molar-refractivity contribution in [1.82, 2.24) is 9.55 Å². The zero-order valence-electron chi connectivity index (χ0n) is 12.2. The maximum absolute atomic E-state index is 14.2. The Kier molecular flexibility index (Phi) is 3.97. The predicted octanol–water partition coefficient (Wildman–Crippen LogP) is 3.86. The van der Waals surface area contributed by atoms with E-state index in [1.54, 1.807) is 16.7 Å². The van der Waals surface area contributed by atoms with Crippen LogP contribution in [0.15, 0.2) is 18.2 Å². The minimum atomic E-state index is -0.531. The van der Waals surface area contributed by atoms with Gasteiger partial charge in [-0.05, 0) is 12.1 Å². The van der Waals surface area contributed by atoms with Crippen LogP contribution in [-0.2, 0) is 12.0 Å². The molecule has 0 saturated heterocycles. The summed E-state index contributed by atoms with van der Waals surface area (Å²) in [5.74, 6) is 3.08. The van der Waals surface area contributed by atoms with Gasteiger partial charge in [0.05, 0.1) is 11.6 Å². The highest BCUT2D eigenvalue weighted by Gasteiger charge is 2.26. The van der Waals surface area contributed by atoms with Crippen LogP contribution < -0.4 is 5.73 Å². The van der Waals surface area contributed by atoms with Crippen molar-refractivity contribution < 1.29 is 4.39 Å². The number of imidazole rings is 1. The van der Waals surface area contributed by atoms with Gasteiger partial charge < -0.3 is 10.3 Å². The van der Waals surface area contributed by atoms with Crippen LogP contribution in [0, 0.1) is 18.2 Å².